The van der Waals surface area contributed by atoms with Gasteiger partial charge in [-0.15, -0.1) is 0 Å². The van der Waals surface area contributed by atoms with Crippen LogP contribution in [0.3, 0.4) is 0 Å². The number of thioether (sulfide) groups is 1. The van der Waals surface area contributed by atoms with Crippen LogP contribution in [-0.2, 0) is 20.6 Å². The van der Waals surface area contributed by atoms with E-state index in [1.54, 1.807) is 24.3 Å². The SMILES string of the molecule is O=C(CN1C(=O)/C(=C2\SC(=S)NC2=O)c2ccccc21)Nc1cccc(C(F)(F)F)c1. The van der Waals surface area contributed by atoms with Crippen LogP contribution in [0.4, 0.5) is 24.5 Å². The molecule has 4 rings (SSSR count). The third-order valence-corrected chi connectivity index (χ3v) is 5.78. The van der Waals surface area contributed by atoms with Crippen molar-refractivity contribution in [1.29, 1.82) is 0 Å². The summed E-state index contributed by atoms with van der Waals surface area (Å²) in [5, 5.41) is 4.84. The maximum absolute atomic E-state index is 13.1. The molecule has 158 valence electrons. The number of amides is 3. The van der Waals surface area contributed by atoms with Crippen LogP contribution in [0.2, 0.25) is 0 Å². The largest absolute Gasteiger partial charge is 0.416 e. The minimum Gasteiger partial charge on any atom is -0.325 e. The van der Waals surface area contributed by atoms with E-state index < -0.39 is 36.0 Å². The number of fused-ring (bicyclic) bond motifs is 1. The molecule has 6 nitrogen and oxygen atoms in total. The molecule has 0 aromatic heterocycles. The number of thiocarbonyl (C=S) groups is 1. The lowest BCUT2D eigenvalue weighted by molar-refractivity contribution is -0.137. The van der Waals surface area contributed by atoms with Gasteiger partial charge in [0.1, 0.15) is 10.9 Å². The Morgan fingerprint density at radius 2 is 1.87 bits per heavy atom. The van der Waals surface area contributed by atoms with E-state index in [2.05, 4.69) is 10.6 Å². The molecule has 2 aliphatic heterocycles. The van der Waals surface area contributed by atoms with Gasteiger partial charge in [0, 0.05) is 11.3 Å². The Labute approximate surface area is 183 Å². The zero-order valence-electron chi connectivity index (χ0n) is 15.4. The average molecular weight is 463 g/mol. The molecule has 1 saturated heterocycles. The molecule has 0 aliphatic carbocycles. The summed E-state index contributed by atoms with van der Waals surface area (Å²) in [5.74, 6) is -1.75. The molecule has 3 amide bonds. The number of alkyl halides is 3. The van der Waals surface area contributed by atoms with E-state index in [0.29, 0.717) is 11.3 Å². The minimum atomic E-state index is -4.55. The summed E-state index contributed by atoms with van der Waals surface area (Å²) in [7, 11) is 0. The smallest absolute Gasteiger partial charge is 0.325 e. The zero-order valence-corrected chi connectivity index (χ0v) is 17.1. The van der Waals surface area contributed by atoms with Gasteiger partial charge in [-0.25, -0.2) is 0 Å². The number of carbonyl (C=O) groups excluding carboxylic acids is 3. The fourth-order valence-corrected chi connectivity index (χ4v) is 4.37. The number of nitrogens with zero attached hydrogens (tertiary/aromatic N) is 1. The number of hydrogen-bond donors (Lipinski definition) is 2. The van der Waals surface area contributed by atoms with Crippen molar-refractivity contribution in [1.82, 2.24) is 5.32 Å². The highest BCUT2D eigenvalue weighted by Crippen LogP contribution is 2.42. The zero-order chi connectivity index (χ0) is 22.3. The fraction of sp³-hybridized carbons (Fsp3) is 0.100. The molecule has 2 aromatic carbocycles. The maximum atomic E-state index is 13.1. The van der Waals surface area contributed by atoms with Crippen molar-refractivity contribution in [2.45, 2.75) is 6.18 Å². The van der Waals surface area contributed by atoms with Crippen LogP contribution >= 0.6 is 24.0 Å². The van der Waals surface area contributed by atoms with Crippen molar-refractivity contribution in [2.75, 3.05) is 16.8 Å². The van der Waals surface area contributed by atoms with E-state index in [1.165, 1.54) is 17.0 Å². The molecule has 2 N–H and O–H groups in total. The second-order valence-corrected chi connectivity index (χ2v) is 8.27. The number of para-hydroxylation sites is 1. The molecule has 1 fully saturated rings. The summed E-state index contributed by atoms with van der Waals surface area (Å²) in [5.41, 5.74) is 0.0708. The number of hydrogen-bond acceptors (Lipinski definition) is 5. The van der Waals surface area contributed by atoms with Crippen LogP contribution in [0, 0.1) is 0 Å². The Morgan fingerprint density at radius 3 is 2.55 bits per heavy atom. The summed E-state index contributed by atoms with van der Waals surface area (Å²) in [4.78, 5) is 39.1. The Balaban J connectivity index is 1.60. The van der Waals surface area contributed by atoms with Crippen LogP contribution in [-0.4, -0.2) is 28.6 Å². The monoisotopic (exact) mass is 463 g/mol. The first-order chi connectivity index (χ1) is 14.6. The number of benzene rings is 2. The predicted molar refractivity (Wildman–Crippen MR) is 114 cm³/mol. The maximum Gasteiger partial charge on any atom is 0.416 e. The van der Waals surface area contributed by atoms with Crippen molar-refractivity contribution in [3.8, 4) is 0 Å². The van der Waals surface area contributed by atoms with Gasteiger partial charge in [0.2, 0.25) is 5.91 Å². The number of carbonyl (C=O) groups is 3. The third-order valence-electron chi connectivity index (χ3n) is 4.54. The first-order valence-electron chi connectivity index (χ1n) is 8.81. The summed E-state index contributed by atoms with van der Waals surface area (Å²) >= 11 is 5.94. The molecular weight excluding hydrogens is 451 g/mol. The summed E-state index contributed by atoms with van der Waals surface area (Å²) in [6.45, 7) is -0.445. The van der Waals surface area contributed by atoms with Gasteiger partial charge < -0.3 is 10.6 Å². The van der Waals surface area contributed by atoms with Crippen molar-refractivity contribution in [3.05, 3.63) is 64.6 Å². The van der Waals surface area contributed by atoms with Gasteiger partial charge in [-0.05, 0) is 24.3 Å². The van der Waals surface area contributed by atoms with Gasteiger partial charge in [-0.1, -0.05) is 48.2 Å². The summed E-state index contributed by atoms with van der Waals surface area (Å²) < 4.78 is 38.9. The van der Waals surface area contributed by atoms with Gasteiger partial charge in [0.15, 0.2) is 0 Å². The van der Waals surface area contributed by atoms with E-state index in [1.807, 2.05) is 0 Å². The van der Waals surface area contributed by atoms with Crippen molar-refractivity contribution in [3.63, 3.8) is 0 Å². The van der Waals surface area contributed by atoms with Crippen molar-refractivity contribution >= 4 is 63.0 Å². The molecule has 2 heterocycles. The van der Waals surface area contributed by atoms with Crippen LogP contribution in [0.25, 0.3) is 5.57 Å². The molecule has 0 spiro atoms. The molecule has 0 bridgehead atoms. The van der Waals surface area contributed by atoms with E-state index in [-0.39, 0.29) is 20.5 Å². The fourth-order valence-electron chi connectivity index (χ4n) is 3.25. The van der Waals surface area contributed by atoms with Crippen molar-refractivity contribution < 1.29 is 27.6 Å². The van der Waals surface area contributed by atoms with Crippen LogP contribution in [0.15, 0.2) is 53.4 Å². The average Bonchev–Trinajstić information content (AvgIpc) is 3.17. The highest BCUT2D eigenvalue weighted by Gasteiger charge is 2.39. The predicted octanol–water partition coefficient (Wildman–Crippen LogP) is 3.55. The Bertz CT molecular complexity index is 1180. The summed E-state index contributed by atoms with van der Waals surface area (Å²) in [6.07, 6.45) is -4.55. The molecule has 0 unspecified atom stereocenters. The molecule has 0 atom stereocenters. The van der Waals surface area contributed by atoms with E-state index >= 15 is 0 Å². The lowest BCUT2D eigenvalue weighted by Crippen LogP contribution is -2.35. The first-order valence-corrected chi connectivity index (χ1v) is 10.0. The molecule has 2 aromatic rings. The lowest BCUT2D eigenvalue weighted by Gasteiger charge is -2.17. The van der Waals surface area contributed by atoms with E-state index in [9.17, 15) is 27.6 Å². The van der Waals surface area contributed by atoms with Crippen LogP contribution in [0.5, 0.6) is 0 Å². The van der Waals surface area contributed by atoms with Gasteiger partial charge in [-0.3, -0.25) is 19.3 Å². The number of anilines is 2. The second-order valence-electron chi connectivity index (χ2n) is 6.58. The summed E-state index contributed by atoms with van der Waals surface area (Å²) in [6, 6.07) is 10.8. The molecule has 0 saturated carbocycles. The van der Waals surface area contributed by atoms with Crippen LogP contribution < -0.4 is 15.5 Å². The van der Waals surface area contributed by atoms with Crippen LogP contribution in [0.1, 0.15) is 11.1 Å². The normalized spacial score (nSPS) is 18.3. The highest BCUT2D eigenvalue weighted by molar-refractivity contribution is 8.27. The molecule has 2 aliphatic rings. The van der Waals surface area contributed by atoms with E-state index in [4.69, 9.17) is 12.2 Å². The standard InChI is InChI=1S/C20H12F3N3O3S2/c21-20(22,23)10-4-3-5-11(8-10)24-14(27)9-26-13-7-2-1-6-12(13)15(18(26)29)16-17(28)25-19(30)31-16/h1-8H,9H2,(H,24,27)(H,25,28,30)/b16-15-. The molecule has 0 radical (unpaired) electrons. The van der Waals surface area contributed by atoms with Crippen molar-refractivity contribution in [2.24, 2.45) is 0 Å². The number of nitrogens with one attached hydrogen (secondary N) is 2. The topological polar surface area (TPSA) is 78.5 Å². The Hall–Kier alpha value is -3.18. The molecule has 31 heavy (non-hydrogen) atoms. The highest BCUT2D eigenvalue weighted by atomic mass is 32.2. The van der Waals surface area contributed by atoms with Gasteiger partial charge in [0.25, 0.3) is 11.8 Å². The first kappa shape index (κ1) is 21.1. The number of rotatable bonds is 3. The Morgan fingerprint density at radius 1 is 1.13 bits per heavy atom. The van der Waals surface area contributed by atoms with Gasteiger partial charge >= 0.3 is 6.18 Å². The third kappa shape index (κ3) is 4.06. The minimum absolute atomic E-state index is 0.0468. The molecule has 11 heteroatoms. The molecular formula is C20H12F3N3O3S2. The number of halogens is 3. The van der Waals surface area contributed by atoms with Gasteiger partial charge in [0.05, 0.1) is 21.7 Å². The quantitative estimate of drug-likeness (QED) is 0.538. The lowest BCUT2D eigenvalue weighted by atomic mass is 10.1. The Kier molecular flexibility index (Phi) is 5.31. The second kappa shape index (κ2) is 7.82. The van der Waals surface area contributed by atoms with E-state index in [0.717, 1.165) is 23.9 Å². The van der Waals surface area contributed by atoms with Gasteiger partial charge in [-0.2, -0.15) is 13.2 Å².